The molecule has 1 aliphatic heterocycles. The number of quaternary nitrogens is 1. The molecule has 160 valence electrons. The first-order chi connectivity index (χ1) is 14.1. The van der Waals surface area contributed by atoms with E-state index in [1.165, 1.54) is 19.1 Å². The van der Waals surface area contributed by atoms with E-state index in [1.54, 1.807) is 30.3 Å². The third-order valence-electron chi connectivity index (χ3n) is 5.51. The molecule has 2 aromatic rings. The van der Waals surface area contributed by atoms with Crippen molar-refractivity contribution in [1.82, 2.24) is 0 Å². The quantitative estimate of drug-likeness (QED) is 0.732. The normalized spacial score (nSPS) is 16.2. The van der Waals surface area contributed by atoms with Gasteiger partial charge in [0.1, 0.15) is 0 Å². The lowest BCUT2D eigenvalue weighted by atomic mass is 10.1. The summed E-state index contributed by atoms with van der Waals surface area (Å²) in [5, 5.41) is 2.86. The molecule has 8 heteroatoms. The van der Waals surface area contributed by atoms with E-state index in [1.807, 2.05) is 11.8 Å². The summed E-state index contributed by atoms with van der Waals surface area (Å²) in [6, 6.07) is 11.8. The number of ketones is 1. The van der Waals surface area contributed by atoms with E-state index in [4.69, 9.17) is 0 Å². The van der Waals surface area contributed by atoms with Crippen LogP contribution in [0.15, 0.2) is 48.5 Å². The number of Topliss-reactive ketones (excluding diaryl/α,β-unsaturated/α-hetero) is 1. The van der Waals surface area contributed by atoms with Gasteiger partial charge in [-0.3, -0.25) is 9.59 Å². The summed E-state index contributed by atoms with van der Waals surface area (Å²) in [7, 11) is 0. The van der Waals surface area contributed by atoms with Gasteiger partial charge in [-0.15, -0.1) is 0 Å². The maximum absolute atomic E-state index is 12.9. The first-order valence-electron chi connectivity index (χ1n) is 9.84. The van der Waals surface area contributed by atoms with Crippen LogP contribution in [0.4, 0.5) is 24.5 Å². The zero-order valence-electron chi connectivity index (χ0n) is 16.9. The van der Waals surface area contributed by atoms with Crippen LogP contribution in [0.25, 0.3) is 0 Å². The number of amides is 1. The summed E-state index contributed by atoms with van der Waals surface area (Å²) in [5.74, 6) is -0.169. The minimum atomic E-state index is -4.36. The molecule has 1 fully saturated rings. The zero-order chi connectivity index (χ0) is 21.9. The summed E-state index contributed by atoms with van der Waals surface area (Å²) >= 11 is 0. The lowest BCUT2D eigenvalue weighted by molar-refractivity contribution is -0.914. The minimum absolute atomic E-state index is 0.0377. The molecule has 0 aliphatic carbocycles. The highest BCUT2D eigenvalue weighted by atomic mass is 19.4. The van der Waals surface area contributed by atoms with Gasteiger partial charge in [-0.25, -0.2) is 0 Å². The van der Waals surface area contributed by atoms with E-state index in [-0.39, 0.29) is 17.7 Å². The van der Waals surface area contributed by atoms with Crippen LogP contribution in [0.5, 0.6) is 0 Å². The Balaban J connectivity index is 1.56. The number of nitrogens with one attached hydrogen (secondary N) is 2. The fraction of sp³-hybridized carbons (Fsp3) is 0.364. The predicted octanol–water partition coefficient (Wildman–Crippen LogP) is 2.64. The number of halogens is 3. The van der Waals surface area contributed by atoms with Crippen molar-refractivity contribution in [3.63, 3.8) is 0 Å². The summed E-state index contributed by atoms with van der Waals surface area (Å²) in [4.78, 5) is 26.9. The van der Waals surface area contributed by atoms with Crippen LogP contribution in [-0.2, 0) is 11.0 Å². The van der Waals surface area contributed by atoms with Crippen LogP contribution in [0, 0.1) is 0 Å². The van der Waals surface area contributed by atoms with Crippen LogP contribution in [-0.4, -0.2) is 43.9 Å². The molecule has 1 atom stereocenters. The molecular formula is C22H25F3N3O2+. The number of hydrogen-bond acceptors (Lipinski definition) is 3. The number of carbonyl (C=O) groups is 2. The lowest BCUT2D eigenvalue weighted by Crippen LogP contribution is -3.19. The second-order valence-electron chi connectivity index (χ2n) is 7.54. The molecule has 30 heavy (non-hydrogen) atoms. The Kier molecular flexibility index (Phi) is 6.45. The van der Waals surface area contributed by atoms with Gasteiger partial charge in [0.2, 0.25) is 0 Å². The van der Waals surface area contributed by atoms with E-state index >= 15 is 0 Å². The molecular weight excluding hydrogens is 395 g/mol. The Morgan fingerprint density at radius 3 is 2.27 bits per heavy atom. The molecule has 1 heterocycles. The van der Waals surface area contributed by atoms with E-state index in [9.17, 15) is 22.8 Å². The number of benzene rings is 2. The Labute approximate surface area is 173 Å². The molecule has 0 saturated carbocycles. The molecule has 2 aromatic carbocycles. The number of piperazine rings is 1. The van der Waals surface area contributed by atoms with Crippen molar-refractivity contribution in [2.24, 2.45) is 0 Å². The van der Waals surface area contributed by atoms with Crippen LogP contribution in [0.1, 0.15) is 29.8 Å². The summed E-state index contributed by atoms with van der Waals surface area (Å²) in [5.41, 5.74) is 1.10. The maximum Gasteiger partial charge on any atom is 0.416 e. The molecule has 3 rings (SSSR count). The molecule has 5 nitrogen and oxygen atoms in total. The van der Waals surface area contributed by atoms with E-state index in [0.717, 1.165) is 11.0 Å². The van der Waals surface area contributed by atoms with E-state index in [0.29, 0.717) is 43.1 Å². The monoisotopic (exact) mass is 420 g/mol. The van der Waals surface area contributed by atoms with Crippen LogP contribution in [0.3, 0.4) is 0 Å². The average Bonchev–Trinajstić information content (AvgIpc) is 2.73. The molecule has 0 unspecified atom stereocenters. The van der Waals surface area contributed by atoms with Gasteiger partial charge in [0.05, 0.1) is 31.7 Å². The highest BCUT2D eigenvalue weighted by molar-refractivity contribution is 5.96. The molecule has 2 N–H and O–H groups in total. The summed E-state index contributed by atoms with van der Waals surface area (Å²) in [6.07, 6.45) is -4.36. The molecule has 0 radical (unpaired) electrons. The summed E-state index contributed by atoms with van der Waals surface area (Å²) in [6.45, 7) is 5.76. The Bertz CT molecular complexity index is 905. The van der Waals surface area contributed by atoms with Gasteiger partial charge in [-0.05, 0) is 56.3 Å². The van der Waals surface area contributed by atoms with Gasteiger partial charge in [-0.2, -0.15) is 13.2 Å². The number of rotatable bonds is 5. The fourth-order valence-corrected chi connectivity index (χ4v) is 3.59. The summed E-state index contributed by atoms with van der Waals surface area (Å²) < 4.78 is 38.8. The third kappa shape index (κ3) is 5.18. The number of nitrogens with zero attached hydrogens (tertiary/aromatic N) is 1. The highest BCUT2D eigenvalue weighted by Gasteiger charge is 2.32. The van der Waals surface area contributed by atoms with Gasteiger partial charge in [-0.1, -0.05) is 6.07 Å². The maximum atomic E-state index is 12.9. The van der Waals surface area contributed by atoms with Crippen LogP contribution < -0.4 is 15.1 Å². The van der Waals surface area contributed by atoms with Crippen molar-refractivity contribution in [3.8, 4) is 0 Å². The molecule has 0 bridgehead atoms. The Morgan fingerprint density at radius 2 is 1.70 bits per heavy atom. The number of anilines is 2. The Hall–Kier alpha value is -2.87. The fourth-order valence-electron chi connectivity index (χ4n) is 3.59. The predicted molar refractivity (Wildman–Crippen MR) is 109 cm³/mol. The Morgan fingerprint density at radius 1 is 1.07 bits per heavy atom. The number of alkyl halides is 3. The highest BCUT2D eigenvalue weighted by Crippen LogP contribution is 2.31. The van der Waals surface area contributed by atoms with Gasteiger partial charge >= 0.3 is 6.18 Å². The molecule has 1 amide bonds. The first-order valence-corrected chi connectivity index (χ1v) is 9.84. The number of carbonyl (C=O) groups excluding carboxylic acids is 2. The van der Waals surface area contributed by atoms with Crippen molar-refractivity contribution < 1.29 is 27.7 Å². The number of hydrogen-bond donors (Lipinski definition) is 2. The second kappa shape index (κ2) is 8.87. The van der Waals surface area contributed by atoms with Crippen molar-refractivity contribution in [2.75, 3.05) is 36.4 Å². The lowest BCUT2D eigenvalue weighted by Gasteiger charge is -2.36. The van der Waals surface area contributed by atoms with Crippen molar-refractivity contribution in [3.05, 3.63) is 59.7 Å². The zero-order valence-corrected chi connectivity index (χ0v) is 16.9. The first kappa shape index (κ1) is 21.8. The molecule has 0 aromatic heterocycles. The van der Waals surface area contributed by atoms with Crippen LogP contribution >= 0.6 is 0 Å². The topological polar surface area (TPSA) is 53.9 Å². The second-order valence-corrected chi connectivity index (χ2v) is 7.54. The van der Waals surface area contributed by atoms with Gasteiger partial charge in [0.25, 0.3) is 5.91 Å². The van der Waals surface area contributed by atoms with Crippen LogP contribution in [0.2, 0.25) is 0 Å². The van der Waals surface area contributed by atoms with E-state index < -0.39 is 11.7 Å². The molecule has 1 saturated heterocycles. The molecule has 1 aliphatic rings. The minimum Gasteiger partial charge on any atom is -0.360 e. The van der Waals surface area contributed by atoms with Gasteiger partial charge in [0.15, 0.2) is 11.8 Å². The smallest absolute Gasteiger partial charge is 0.360 e. The van der Waals surface area contributed by atoms with Crippen molar-refractivity contribution >= 4 is 23.1 Å². The molecule has 0 spiro atoms. The average molecular weight is 420 g/mol. The van der Waals surface area contributed by atoms with Crippen molar-refractivity contribution in [1.29, 1.82) is 0 Å². The SMILES string of the molecule is CC(=O)c1ccc(NC(=O)[C@@H](C)[NH+]2CCN(c3cccc(C(F)(F)F)c3)CC2)cc1. The standard InChI is InChI=1S/C22H24F3N3O2/c1-15(21(30)26-19-8-6-17(7-9-19)16(2)29)27-10-12-28(13-11-27)20-5-3-4-18(14-20)22(23,24)25/h3-9,14-15H,10-13H2,1-2H3,(H,26,30)/p+1/t15-/m1/s1. The largest absolute Gasteiger partial charge is 0.416 e. The van der Waals surface area contributed by atoms with Gasteiger partial charge in [0, 0.05) is 16.9 Å². The third-order valence-corrected chi connectivity index (χ3v) is 5.51. The van der Waals surface area contributed by atoms with E-state index in [2.05, 4.69) is 5.32 Å². The van der Waals surface area contributed by atoms with Crippen molar-refractivity contribution in [2.45, 2.75) is 26.1 Å². The van der Waals surface area contributed by atoms with Gasteiger partial charge < -0.3 is 15.1 Å².